The van der Waals surface area contributed by atoms with E-state index >= 15 is 0 Å². The van der Waals surface area contributed by atoms with E-state index in [1.54, 1.807) is 0 Å². The fourth-order valence-corrected chi connectivity index (χ4v) is 2.38. The Kier molecular flexibility index (Phi) is 6.05. The molecule has 1 aliphatic heterocycles. The van der Waals surface area contributed by atoms with Crippen molar-refractivity contribution in [2.24, 2.45) is 0 Å². The maximum Gasteiger partial charge on any atom is 0.416 e. The number of piperidine rings is 1. The zero-order valence-electron chi connectivity index (χ0n) is 13.1. The average Bonchev–Trinajstić information content (AvgIpc) is 2.53. The predicted molar refractivity (Wildman–Crippen MR) is 80.4 cm³/mol. The average molecular weight is 344 g/mol. The normalized spacial score (nSPS) is 15.3. The highest BCUT2D eigenvalue weighted by molar-refractivity contribution is 5.85. The van der Waals surface area contributed by atoms with E-state index in [1.165, 1.54) is 17.0 Å². The van der Waals surface area contributed by atoms with Gasteiger partial charge in [0.15, 0.2) is 0 Å². The molecule has 0 atom stereocenters. The predicted octanol–water partition coefficient (Wildman–Crippen LogP) is 2.21. The summed E-state index contributed by atoms with van der Waals surface area (Å²) in [4.78, 5) is 24.8. The molecule has 0 bridgehead atoms. The fraction of sp³-hybridized carbons (Fsp3) is 0.500. The maximum atomic E-state index is 12.6. The molecule has 5 nitrogen and oxygen atoms in total. The molecule has 0 aliphatic carbocycles. The summed E-state index contributed by atoms with van der Waals surface area (Å²) < 4.78 is 42.9. The molecule has 1 aliphatic rings. The van der Waals surface area contributed by atoms with E-state index in [-0.39, 0.29) is 37.3 Å². The van der Waals surface area contributed by atoms with E-state index in [0.29, 0.717) is 13.0 Å². The zero-order chi connectivity index (χ0) is 17.6. The number of ether oxygens (including phenoxy) is 1. The second-order valence-electron chi connectivity index (χ2n) is 5.50. The molecule has 0 radical (unpaired) electrons. The van der Waals surface area contributed by atoms with Gasteiger partial charge in [0.2, 0.25) is 11.8 Å². The van der Waals surface area contributed by atoms with Crippen LogP contribution in [0, 0.1) is 0 Å². The number of benzene rings is 1. The summed E-state index contributed by atoms with van der Waals surface area (Å²) in [5, 5.41) is 2.59. The molecule has 0 spiro atoms. The van der Waals surface area contributed by atoms with Crippen molar-refractivity contribution in [2.75, 3.05) is 26.2 Å². The number of amides is 2. The van der Waals surface area contributed by atoms with Crippen molar-refractivity contribution in [3.63, 3.8) is 0 Å². The van der Waals surface area contributed by atoms with Gasteiger partial charge in [-0.1, -0.05) is 6.07 Å². The number of carbonyl (C=O) groups excluding carboxylic acids is 2. The molecule has 2 rings (SSSR count). The van der Waals surface area contributed by atoms with Gasteiger partial charge in [0.25, 0.3) is 0 Å². The largest absolute Gasteiger partial charge is 0.492 e. The SMILES string of the molecule is O=C(CN1CCCCC1=O)NCCOc1cccc(C(F)(F)F)c1. The van der Waals surface area contributed by atoms with E-state index in [2.05, 4.69) is 5.32 Å². The number of likely N-dealkylation sites (tertiary alicyclic amines) is 1. The summed E-state index contributed by atoms with van der Waals surface area (Å²) in [6, 6.07) is 4.56. The molecule has 1 saturated heterocycles. The minimum atomic E-state index is -4.42. The van der Waals surface area contributed by atoms with Crippen LogP contribution in [0.1, 0.15) is 24.8 Å². The first-order chi connectivity index (χ1) is 11.4. The van der Waals surface area contributed by atoms with Crippen LogP contribution in [0.3, 0.4) is 0 Å². The quantitative estimate of drug-likeness (QED) is 0.805. The lowest BCUT2D eigenvalue weighted by Crippen LogP contribution is -2.43. The van der Waals surface area contributed by atoms with E-state index in [4.69, 9.17) is 4.74 Å². The summed E-state index contributed by atoms with van der Waals surface area (Å²) in [5.41, 5.74) is -0.785. The summed E-state index contributed by atoms with van der Waals surface area (Å²) in [7, 11) is 0. The Hall–Kier alpha value is -2.25. The van der Waals surface area contributed by atoms with Gasteiger partial charge in [0, 0.05) is 13.0 Å². The van der Waals surface area contributed by atoms with Gasteiger partial charge >= 0.3 is 6.18 Å². The van der Waals surface area contributed by atoms with Gasteiger partial charge in [0.1, 0.15) is 12.4 Å². The van der Waals surface area contributed by atoms with Gasteiger partial charge in [-0.2, -0.15) is 13.2 Å². The minimum absolute atomic E-state index is 0.00237. The molecular weight excluding hydrogens is 325 g/mol. The van der Waals surface area contributed by atoms with Crippen molar-refractivity contribution >= 4 is 11.8 Å². The van der Waals surface area contributed by atoms with Crippen molar-refractivity contribution in [1.29, 1.82) is 0 Å². The van der Waals surface area contributed by atoms with Crippen LogP contribution in [0.4, 0.5) is 13.2 Å². The summed E-state index contributed by atoms with van der Waals surface area (Å²) in [6.07, 6.45) is -2.22. The van der Waals surface area contributed by atoms with E-state index in [0.717, 1.165) is 25.0 Å². The van der Waals surface area contributed by atoms with E-state index < -0.39 is 11.7 Å². The van der Waals surface area contributed by atoms with Crippen LogP contribution in [0.5, 0.6) is 5.75 Å². The highest BCUT2D eigenvalue weighted by atomic mass is 19.4. The van der Waals surface area contributed by atoms with Crippen molar-refractivity contribution < 1.29 is 27.5 Å². The third-order valence-electron chi connectivity index (χ3n) is 3.61. The monoisotopic (exact) mass is 344 g/mol. The number of halogens is 3. The number of carbonyl (C=O) groups is 2. The number of hydrogen-bond acceptors (Lipinski definition) is 3. The van der Waals surface area contributed by atoms with E-state index in [1.807, 2.05) is 0 Å². The molecule has 1 aromatic carbocycles. The van der Waals surface area contributed by atoms with Crippen LogP contribution in [0.15, 0.2) is 24.3 Å². The lowest BCUT2D eigenvalue weighted by atomic mass is 10.1. The molecule has 132 valence electrons. The smallest absolute Gasteiger partial charge is 0.416 e. The minimum Gasteiger partial charge on any atom is -0.492 e. The molecule has 1 N–H and O–H groups in total. The first kappa shape index (κ1) is 18.1. The molecule has 8 heteroatoms. The Bertz CT molecular complexity index is 590. The van der Waals surface area contributed by atoms with Gasteiger partial charge in [0.05, 0.1) is 18.7 Å². The van der Waals surface area contributed by atoms with Crippen LogP contribution in [-0.4, -0.2) is 43.0 Å². The molecule has 1 fully saturated rings. The summed E-state index contributed by atoms with van der Waals surface area (Å²) in [5.74, 6) is -0.250. The summed E-state index contributed by atoms with van der Waals surface area (Å²) >= 11 is 0. The molecule has 0 unspecified atom stereocenters. The van der Waals surface area contributed by atoms with Crippen molar-refractivity contribution in [2.45, 2.75) is 25.4 Å². The van der Waals surface area contributed by atoms with Gasteiger partial charge in [-0.15, -0.1) is 0 Å². The first-order valence-electron chi connectivity index (χ1n) is 7.71. The maximum absolute atomic E-state index is 12.6. The molecule has 2 amide bonds. The highest BCUT2D eigenvalue weighted by Gasteiger charge is 2.30. The van der Waals surface area contributed by atoms with Gasteiger partial charge in [-0.05, 0) is 31.0 Å². The topological polar surface area (TPSA) is 58.6 Å². The lowest BCUT2D eigenvalue weighted by Gasteiger charge is -2.25. The van der Waals surface area contributed by atoms with Crippen LogP contribution >= 0.6 is 0 Å². The fourth-order valence-electron chi connectivity index (χ4n) is 2.38. The number of alkyl halides is 3. The Morgan fingerprint density at radius 1 is 1.29 bits per heavy atom. The number of rotatable bonds is 6. The van der Waals surface area contributed by atoms with Crippen LogP contribution < -0.4 is 10.1 Å². The van der Waals surface area contributed by atoms with Gasteiger partial charge in [-0.3, -0.25) is 9.59 Å². The molecule has 24 heavy (non-hydrogen) atoms. The lowest BCUT2D eigenvalue weighted by molar-refractivity contribution is -0.138. The van der Waals surface area contributed by atoms with E-state index in [9.17, 15) is 22.8 Å². The Balaban J connectivity index is 1.71. The molecule has 1 heterocycles. The Morgan fingerprint density at radius 2 is 2.08 bits per heavy atom. The molecule has 1 aromatic rings. The first-order valence-corrected chi connectivity index (χ1v) is 7.71. The van der Waals surface area contributed by atoms with Crippen molar-refractivity contribution in [3.05, 3.63) is 29.8 Å². The summed E-state index contributed by atoms with van der Waals surface area (Å²) in [6.45, 7) is 0.771. The standard InChI is InChI=1S/C16H19F3N2O3/c17-16(18,19)12-4-3-5-13(10-12)24-9-7-20-14(22)11-21-8-2-1-6-15(21)23/h3-5,10H,1-2,6-9,11H2,(H,20,22). The number of nitrogens with one attached hydrogen (secondary N) is 1. The highest BCUT2D eigenvalue weighted by Crippen LogP contribution is 2.31. The number of hydrogen-bond donors (Lipinski definition) is 1. The molecular formula is C16H19F3N2O3. The third-order valence-corrected chi connectivity index (χ3v) is 3.61. The number of nitrogens with zero attached hydrogens (tertiary/aromatic N) is 1. The van der Waals surface area contributed by atoms with Crippen LogP contribution in [0.25, 0.3) is 0 Å². The second-order valence-corrected chi connectivity index (χ2v) is 5.50. The zero-order valence-corrected chi connectivity index (χ0v) is 13.1. The molecule has 0 saturated carbocycles. The Morgan fingerprint density at radius 3 is 2.79 bits per heavy atom. The molecule has 0 aromatic heterocycles. The Labute approximate surface area is 137 Å². The van der Waals surface area contributed by atoms with Crippen molar-refractivity contribution in [3.8, 4) is 5.75 Å². The van der Waals surface area contributed by atoms with Crippen LogP contribution in [0.2, 0.25) is 0 Å². The van der Waals surface area contributed by atoms with Crippen LogP contribution in [-0.2, 0) is 15.8 Å². The van der Waals surface area contributed by atoms with Gasteiger partial charge < -0.3 is 15.0 Å². The third kappa shape index (κ3) is 5.43. The van der Waals surface area contributed by atoms with Gasteiger partial charge in [-0.25, -0.2) is 0 Å². The van der Waals surface area contributed by atoms with Crippen molar-refractivity contribution in [1.82, 2.24) is 10.2 Å². The second kappa shape index (κ2) is 8.03.